The van der Waals surface area contributed by atoms with Crippen molar-refractivity contribution < 1.29 is 14.7 Å². The number of nitrogens with zero attached hydrogens (tertiary/aromatic N) is 1. The van der Waals surface area contributed by atoms with Crippen molar-refractivity contribution in [1.29, 1.82) is 0 Å². The first-order chi connectivity index (χ1) is 9.70. The molecule has 5 heteroatoms. The summed E-state index contributed by atoms with van der Waals surface area (Å²) in [6.45, 7) is 1.12. The third-order valence-corrected chi connectivity index (χ3v) is 3.52. The molecule has 0 spiro atoms. The molecule has 5 nitrogen and oxygen atoms in total. The minimum Gasteiger partial charge on any atom is -0.392 e. The summed E-state index contributed by atoms with van der Waals surface area (Å²) in [7, 11) is 0. The van der Waals surface area contributed by atoms with E-state index < -0.39 is 0 Å². The number of hydrogen-bond acceptors (Lipinski definition) is 3. The Hall–Kier alpha value is -1.88. The van der Waals surface area contributed by atoms with Crippen molar-refractivity contribution in [2.45, 2.75) is 32.4 Å². The van der Waals surface area contributed by atoms with Crippen LogP contribution in [0.15, 0.2) is 24.3 Å². The van der Waals surface area contributed by atoms with Gasteiger partial charge in [-0.25, -0.2) is 0 Å². The lowest BCUT2D eigenvalue weighted by Gasteiger charge is -2.26. The van der Waals surface area contributed by atoms with Crippen LogP contribution in [0, 0.1) is 0 Å². The molecule has 0 aromatic heterocycles. The number of likely N-dealkylation sites (tertiary alicyclic amines) is 1. The highest BCUT2D eigenvalue weighted by atomic mass is 16.3. The number of piperidine rings is 1. The van der Waals surface area contributed by atoms with Crippen LogP contribution < -0.4 is 5.32 Å². The molecule has 1 aromatic carbocycles. The van der Waals surface area contributed by atoms with Crippen LogP contribution in [-0.2, 0) is 22.7 Å². The number of rotatable bonds is 5. The predicted molar refractivity (Wildman–Crippen MR) is 74.6 cm³/mol. The van der Waals surface area contributed by atoms with Gasteiger partial charge in [-0.3, -0.25) is 9.59 Å². The van der Waals surface area contributed by atoms with Gasteiger partial charge in [0.05, 0.1) is 13.2 Å². The van der Waals surface area contributed by atoms with Gasteiger partial charge in [-0.2, -0.15) is 0 Å². The van der Waals surface area contributed by atoms with Crippen molar-refractivity contribution in [2.24, 2.45) is 0 Å². The fourth-order valence-electron chi connectivity index (χ4n) is 2.34. The summed E-state index contributed by atoms with van der Waals surface area (Å²) < 4.78 is 0. The van der Waals surface area contributed by atoms with E-state index >= 15 is 0 Å². The summed E-state index contributed by atoms with van der Waals surface area (Å²) in [5.41, 5.74) is 1.70. The van der Waals surface area contributed by atoms with Crippen LogP contribution in [0.1, 0.15) is 30.4 Å². The number of aliphatic hydroxyl groups is 1. The Morgan fingerprint density at radius 3 is 2.70 bits per heavy atom. The first-order valence-electron chi connectivity index (χ1n) is 6.93. The zero-order valence-electron chi connectivity index (χ0n) is 11.5. The first kappa shape index (κ1) is 14.5. The number of carbonyl (C=O) groups excluding carboxylic acids is 2. The molecule has 0 atom stereocenters. The van der Waals surface area contributed by atoms with E-state index in [4.69, 9.17) is 0 Å². The van der Waals surface area contributed by atoms with Gasteiger partial charge < -0.3 is 15.3 Å². The summed E-state index contributed by atoms with van der Waals surface area (Å²) in [5, 5.41) is 12.0. The van der Waals surface area contributed by atoms with Gasteiger partial charge in [-0.15, -0.1) is 0 Å². The maximum Gasteiger partial charge on any atom is 0.239 e. The maximum atomic E-state index is 11.9. The van der Waals surface area contributed by atoms with E-state index in [0.29, 0.717) is 19.5 Å². The van der Waals surface area contributed by atoms with Crippen LogP contribution >= 0.6 is 0 Å². The molecule has 2 rings (SSSR count). The van der Waals surface area contributed by atoms with Gasteiger partial charge in [-0.1, -0.05) is 24.3 Å². The van der Waals surface area contributed by atoms with Gasteiger partial charge in [0.15, 0.2) is 0 Å². The lowest BCUT2D eigenvalue weighted by atomic mass is 10.1. The van der Waals surface area contributed by atoms with Gasteiger partial charge in [-0.05, 0) is 24.0 Å². The van der Waals surface area contributed by atoms with Crippen molar-refractivity contribution in [2.75, 3.05) is 13.1 Å². The van der Waals surface area contributed by atoms with E-state index in [2.05, 4.69) is 5.32 Å². The molecule has 1 fully saturated rings. The van der Waals surface area contributed by atoms with Crippen molar-refractivity contribution in [3.63, 3.8) is 0 Å². The highest BCUT2D eigenvalue weighted by Gasteiger charge is 2.20. The van der Waals surface area contributed by atoms with E-state index in [9.17, 15) is 14.7 Å². The average Bonchev–Trinajstić information content (AvgIpc) is 2.48. The van der Waals surface area contributed by atoms with Gasteiger partial charge in [0.25, 0.3) is 0 Å². The number of carbonyl (C=O) groups is 2. The SMILES string of the molecule is O=C(CN1CCCCC1=O)NCc1ccccc1CO. The Morgan fingerprint density at radius 2 is 2.00 bits per heavy atom. The normalized spacial score (nSPS) is 15.2. The van der Waals surface area contributed by atoms with E-state index in [-0.39, 0.29) is 25.0 Å². The van der Waals surface area contributed by atoms with Crippen LogP contribution in [0.4, 0.5) is 0 Å². The van der Waals surface area contributed by atoms with Gasteiger partial charge in [0, 0.05) is 19.5 Å². The van der Waals surface area contributed by atoms with Gasteiger partial charge >= 0.3 is 0 Å². The standard InChI is InChI=1S/C15H20N2O3/c18-11-13-6-2-1-5-12(13)9-16-14(19)10-17-8-4-3-7-15(17)20/h1-2,5-6,18H,3-4,7-11H2,(H,16,19). The van der Waals surface area contributed by atoms with Gasteiger partial charge in [0.2, 0.25) is 11.8 Å². The fourth-order valence-corrected chi connectivity index (χ4v) is 2.34. The Balaban J connectivity index is 1.84. The molecule has 0 bridgehead atoms. The Labute approximate surface area is 118 Å². The smallest absolute Gasteiger partial charge is 0.239 e. The quantitative estimate of drug-likeness (QED) is 0.836. The van der Waals surface area contributed by atoms with Crippen molar-refractivity contribution in [3.8, 4) is 0 Å². The van der Waals surface area contributed by atoms with E-state index in [0.717, 1.165) is 24.0 Å². The minimum absolute atomic E-state index is 0.0450. The zero-order valence-corrected chi connectivity index (χ0v) is 11.5. The lowest BCUT2D eigenvalue weighted by molar-refractivity contribution is -0.137. The second-order valence-corrected chi connectivity index (χ2v) is 4.98. The van der Waals surface area contributed by atoms with E-state index in [1.165, 1.54) is 0 Å². The Morgan fingerprint density at radius 1 is 1.25 bits per heavy atom. The molecule has 0 unspecified atom stereocenters. The molecule has 0 saturated carbocycles. The molecular formula is C15H20N2O3. The maximum absolute atomic E-state index is 11.9. The second-order valence-electron chi connectivity index (χ2n) is 4.98. The molecule has 1 saturated heterocycles. The highest BCUT2D eigenvalue weighted by Crippen LogP contribution is 2.10. The third kappa shape index (κ3) is 3.81. The molecule has 20 heavy (non-hydrogen) atoms. The molecule has 1 aromatic rings. The summed E-state index contributed by atoms with van der Waals surface area (Å²) >= 11 is 0. The topological polar surface area (TPSA) is 69.6 Å². The number of amides is 2. The average molecular weight is 276 g/mol. The summed E-state index contributed by atoms with van der Waals surface area (Å²) in [6.07, 6.45) is 2.42. The number of nitrogens with one attached hydrogen (secondary N) is 1. The van der Waals surface area contributed by atoms with E-state index in [1.807, 2.05) is 24.3 Å². The minimum atomic E-state index is -0.159. The van der Waals surface area contributed by atoms with Crippen molar-refractivity contribution in [3.05, 3.63) is 35.4 Å². The van der Waals surface area contributed by atoms with Crippen LogP contribution in [-0.4, -0.2) is 34.9 Å². The molecule has 2 amide bonds. The second kappa shape index (κ2) is 7.05. The molecule has 1 heterocycles. The van der Waals surface area contributed by atoms with Crippen LogP contribution in [0.2, 0.25) is 0 Å². The van der Waals surface area contributed by atoms with Crippen LogP contribution in [0.3, 0.4) is 0 Å². The number of benzene rings is 1. The number of hydrogen-bond donors (Lipinski definition) is 2. The summed E-state index contributed by atoms with van der Waals surface area (Å²) in [6, 6.07) is 7.42. The van der Waals surface area contributed by atoms with Gasteiger partial charge in [0.1, 0.15) is 0 Å². The van der Waals surface area contributed by atoms with Crippen LogP contribution in [0.5, 0.6) is 0 Å². The largest absolute Gasteiger partial charge is 0.392 e. The first-order valence-corrected chi connectivity index (χ1v) is 6.93. The molecule has 0 radical (unpaired) electrons. The Kier molecular flexibility index (Phi) is 5.12. The molecule has 2 N–H and O–H groups in total. The molecule has 1 aliphatic heterocycles. The molecule has 0 aliphatic carbocycles. The highest BCUT2D eigenvalue weighted by molar-refractivity contribution is 5.85. The fraction of sp³-hybridized carbons (Fsp3) is 0.467. The summed E-state index contributed by atoms with van der Waals surface area (Å²) in [5.74, 6) is -0.102. The van der Waals surface area contributed by atoms with Crippen LogP contribution in [0.25, 0.3) is 0 Å². The molecule has 108 valence electrons. The molecule has 1 aliphatic rings. The predicted octanol–water partition coefficient (Wildman–Crippen LogP) is 0.808. The zero-order chi connectivity index (χ0) is 14.4. The lowest BCUT2D eigenvalue weighted by Crippen LogP contribution is -2.42. The third-order valence-electron chi connectivity index (χ3n) is 3.52. The van der Waals surface area contributed by atoms with E-state index in [1.54, 1.807) is 4.90 Å². The van der Waals surface area contributed by atoms with Crippen molar-refractivity contribution in [1.82, 2.24) is 10.2 Å². The Bertz CT molecular complexity index is 488. The number of aliphatic hydroxyl groups excluding tert-OH is 1. The van der Waals surface area contributed by atoms with Crippen molar-refractivity contribution >= 4 is 11.8 Å². The monoisotopic (exact) mass is 276 g/mol. The molecular weight excluding hydrogens is 256 g/mol. The summed E-state index contributed by atoms with van der Waals surface area (Å²) in [4.78, 5) is 25.1.